The molecule has 0 atom stereocenters. The highest BCUT2D eigenvalue weighted by atomic mass is 16.2. The number of nitrogens with one attached hydrogen (secondary N) is 2. The lowest BCUT2D eigenvalue weighted by Crippen LogP contribution is -2.18. The highest BCUT2D eigenvalue weighted by molar-refractivity contribution is 6.04. The first kappa shape index (κ1) is 14.8. The van der Waals surface area contributed by atoms with Gasteiger partial charge in [-0.1, -0.05) is 24.3 Å². The minimum absolute atomic E-state index is 0.0496. The predicted octanol–water partition coefficient (Wildman–Crippen LogP) is 2.34. The summed E-state index contributed by atoms with van der Waals surface area (Å²) in [6, 6.07) is 14.3. The molecule has 0 saturated carbocycles. The summed E-state index contributed by atoms with van der Waals surface area (Å²) < 4.78 is 1.91. The van der Waals surface area contributed by atoms with Gasteiger partial charge in [-0.25, -0.2) is 9.97 Å². The molecule has 122 valence electrons. The third kappa shape index (κ3) is 2.90. The molecule has 0 fully saturated rings. The summed E-state index contributed by atoms with van der Waals surface area (Å²) in [5, 5.41) is 2.79. The summed E-state index contributed by atoms with van der Waals surface area (Å²) >= 11 is 0. The third-order valence-corrected chi connectivity index (χ3v) is 3.73. The molecule has 0 aliphatic heterocycles. The summed E-state index contributed by atoms with van der Waals surface area (Å²) in [6.07, 6.45) is 5.00. The van der Waals surface area contributed by atoms with Gasteiger partial charge >= 0.3 is 0 Å². The number of carbonyl (C=O) groups excluding carboxylic acids is 1. The second kappa shape index (κ2) is 6.04. The van der Waals surface area contributed by atoms with Crippen LogP contribution in [0.2, 0.25) is 0 Å². The highest BCUT2D eigenvalue weighted by Crippen LogP contribution is 2.27. The number of rotatable bonds is 3. The average molecular weight is 331 g/mol. The van der Waals surface area contributed by atoms with E-state index < -0.39 is 5.91 Å². The maximum atomic E-state index is 12.4. The second-order valence-corrected chi connectivity index (χ2v) is 5.39. The third-order valence-electron chi connectivity index (χ3n) is 3.73. The number of fused-ring (bicyclic) bond motifs is 1. The molecular formula is C18H13N5O2. The summed E-state index contributed by atoms with van der Waals surface area (Å²) in [7, 11) is 0. The zero-order valence-corrected chi connectivity index (χ0v) is 13.0. The molecule has 0 spiro atoms. The first-order valence-electron chi connectivity index (χ1n) is 7.60. The molecule has 0 unspecified atom stereocenters. The molecule has 0 radical (unpaired) electrons. The molecule has 7 nitrogen and oxygen atoms in total. The van der Waals surface area contributed by atoms with Crippen molar-refractivity contribution in [3.05, 3.63) is 83.3 Å². The van der Waals surface area contributed by atoms with Crippen molar-refractivity contribution >= 4 is 17.2 Å². The SMILES string of the molecule is O=C(Nc1ccccc1-c1cn2ccccc2n1)c1cc(=O)[nH]cn1. The Morgan fingerprint density at radius 1 is 1.12 bits per heavy atom. The van der Waals surface area contributed by atoms with Gasteiger partial charge in [0.1, 0.15) is 11.3 Å². The van der Waals surface area contributed by atoms with E-state index in [1.807, 2.05) is 53.2 Å². The fourth-order valence-electron chi connectivity index (χ4n) is 2.56. The number of hydrogen-bond acceptors (Lipinski definition) is 4. The summed E-state index contributed by atoms with van der Waals surface area (Å²) in [5.41, 5.74) is 2.60. The van der Waals surface area contributed by atoms with Crippen LogP contribution in [0.15, 0.2) is 72.0 Å². The molecule has 4 rings (SSSR count). The largest absolute Gasteiger partial charge is 0.320 e. The number of aromatic amines is 1. The van der Waals surface area contributed by atoms with Gasteiger partial charge in [0.25, 0.3) is 11.5 Å². The molecule has 1 aromatic carbocycles. The number of H-pyrrole nitrogens is 1. The average Bonchev–Trinajstić information content (AvgIpc) is 3.06. The number of anilines is 1. The van der Waals surface area contributed by atoms with Crippen LogP contribution in [0.25, 0.3) is 16.9 Å². The van der Waals surface area contributed by atoms with Gasteiger partial charge in [0, 0.05) is 24.0 Å². The molecular weight excluding hydrogens is 318 g/mol. The van der Waals surface area contributed by atoms with Crippen LogP contribution in [0.4, 0.5) is 5.69 Å². The summed E-state index contributed by atoms with van der Waals surface area (Å²) in [6.45, 7) is 0. The van der Waals surface area contributed by atoms with Gasteiger partial charge in [0.2, 0.25) is 0 Å². The summed E-state index contributed by atoms with van der Waals surface area (Å²) in [4.78, 5) is 34.6. The number of aromatic nitrogens is 4. The van der Waals surface area contributed by atoms with E-state index in [1.165, 1.54) is 6.33 Å². The first-order valence-corrected chi connectivity index (χ1v) is 7.60. The zero-order chi connectivity index (χ0) is 17.2. The van der Waals surface area contributed by atoms with Crippen LogP contribution in [0.3, 0.4) is 0 Å². The van der Waals surface area contributed by atoms with E-state index in [9.17, 15) is 9.59 Å². The van der Waals surface area contributed by atoms with E-state index in [4.69, 9.17) is 0 Å². The van der Waals surface area contributed by atoms with E-state index in [2.05, 4.69) is 20.3 Å². The monoisotopic (exact) mass is 331 g/mol. The molecule has 25 heavy (non-hydrogen) atoms. The van der Waals surface area contributed by atoms with Crippen LogP contribution in [0.1, 0.15) is 10.5 Å². The number of amides is 1. The normalized spacial score (nSPS) is 10.7. The zero-order valence-electron chi connectivity index (χ0n) is 13.0. The van der Waals surface area contributed by atoms with Gasteiger partial charge in [-0.15, -0.1) is 0 Å². The van der Waals surface area contributed by atoms with Gasteiger partial charge < -0.3 is 14.7 Å². The lowest BCUT2D eigenvalue weighted by molar-refractivity contribution is 0.102. The molecule has 0 aliphatic rings. The lowest BCUT2D eigenvalue weighted by Gasteiger charge is -2.08. The number of pyridine rings is 1. The van der Waals surface area contributed by atoms with Crippen LogP contribution in [0, 0.1) is 0 Å². The van der Waals surface area contributed by atoms with E-state index in [0.717, 1.165) is 23.0 Å². The van der Waals surface area contributed by atoms with E-state index in [-0.39, 0.29) is 11.3 Å². The van der Waals surface area contributed by atoms with Gasteiger partial charge in [-0.05, 0) is 18.2 Å². The van der Waals surface area contributed by atoms with Crippen LogP contribution in [-0.2, 0) is 0 Å². The van der Waals surface area contributed by atoms with Crippen molar-refractivity contribution in [3.8, 4) is 11.3 Å². The molecule has 7 heteroatoms. The molecule has 3 heterocycles. The van der Waals surface area contributed by atoms with Crippen molar-refractivity contribution in [1.82, 2.24) is 19.4 Å². The predicted molar refractivity (Wildman–Crippen MR) is 93.4 cm³/mol. The Morgan fingerprint density at radius 2 is 1.96 bits per heavy atom. The Kier molecular flexibility index (Phi) is 3.59. The Hall–Kier alpha value is -3.74. The van der Waals surface area contributed by atoms with Gasteiger partial charge in [-0.2, -0.15) is 0 Å². The number of carbonyl (C=O) groups is 1. The lowest BCUT2D eigenvalue weighted by atomic mass is 10.1. The molecule has 4 aromatic rings. The van der Waals surface area contributed by atoms with E-state index in [1.54, 1.807) is 6.07 Å². The highest BCUT2D eigenvalue weighted by Gasteiger charge is 2.13. The fourth-order valence-corrected chi connectivity index (χ4v) is 2.56. The minimum Gasteiger partial charge on any atom is -0.320 e. The molecule has 3 aromatic heterocycles. The van der Waals surface area contributed by atoms with Crippen molar-refractivity contribution in [2.45, 2.75) is 0 Å². The topological polar surface area (TPSA) is 92.2 Å². The minimum atomic E-state index is -0.456. The van der Waals surface area contributed by atoms with Crippen molar-refractivity contribution in [3.63, 3.8) is 0 Å². The van der Waals surface area contributed by atoms with Crippen molar-refractivity contribution in [1.29, 1.82) is 0 Å². The second-order valence-electron chi connectivity index (χ2n) is 5.39. The Balaban J connectivity index is 1.71. The van der Waals surface area contributed by atoms with E-state index in [0.29, 0.717) is 5.69 Å². The van der Waals surface area contributed by atoms with Crippen LogP contribution in [0.5, 0.6) is 0 Å². The maximum absolute atomic E-state index is 12.4. The summed E-state index contributed by atoms with van der Waals surface area (Å²) in [5.74, 6) is -0.456. The molecule has 0 bridgehead atoms. The molecule has 0 saturated heterocycles. The van der Waals surface area contributed by atoms with Gasteiger partial charge in [0.15, 0.2) is 0 Å². The number of nitrogens with zero attached hydrogens (tertiary/aromatic N) is 3. The van der Waals surface area contributed by atoms with Crippen LogP contribution < -0.4 is 10.9 Å². The van der Waals surface area contributed by atoms with Gasteiger partial charge in [0.05, 0.1) is 17.7 Å². The van der Waals surface area contributed by atoms with Gasteiger partial charge in [-0.3, -0.25) is 9.59 Å². The van der Waals surface area contributed by atoms with Crippen LogP contribution >= 0.6 is 0 Å². The number of para-hydroxylation sites is 1. The Morgan fingerprint density at radius 3 is 2.80 bits per heavy atom. The molecule has 2 N–H and O–H groups in total. The quantitative estimate of drug-likeness (QED) is 0.603. The molecule has 1 amide bonds. The molecule has 0 aliphatic carbocycles. The maximum Gasteiger partial charge on any atom is 0.274 e. The van der Waals surface area contributed by atoms with Crippen LogP contribution in [-0.4, -0.2) is 25.3 Å². The van der Waals surface area contributed by atoms with Crippen molar-refractivity contribution in [2.24, 2.45) is 0 Å². The standard InChI is InChI=1S/C18H13N5O2/c24-17-9-14(19-11-20-17)18(25)22-13-6-2-1-5-12(13)15-10-23-8-4-3-7-16(23)21-15/h1-11H,(H,22,25)(H,19,20,24). The number of imidazole rings is 1. The fraction of sp³-hybridized carbons (Fsp3) is 0. The van der Waals surface area contributed by atoms with Crippen molar-refractivity contribution in [2.75, 3.05) is 5.32 Å². The van der Waals surface area contributed by atoms with E-state index >= 15 is 0 Å². The Labute approximate surface area is 142 Å². The number of benzene rings is 1. The smallest absolute Gasteiger partial charge is 0.274 e. The van der Waals surface area contributed by atoms with Crippen molar-refractivity contribution < 1.29 is 4.79 Å². The first-order chi connectivity index (χ1) is 12.2. The Bertz CT molecular complexity index is 1100. The number of hydrogen-bond donors (Lipinski definition) is 2.